The third-order valence-corrected chi connectivity index (χ3v) is 9.34. The van der Waals surface area contributed by atoms with E-state index in [0.717, 1.165) is 63.3 Å². The van der Waals surface area contributed by atoms with Gasteiger partial charge in [-0.2, -0.15) is 0 Å². The monoisotopic (exact) mass is 396 g/mol. The van der Waals surface area contributed by atoms with E-state index in [2.05, 4.69) is 15.9 Å². The molecule has 5 heteroatoms. The Balaban J connectivity index is 1.39. The first-order valence-corrected chi connectivity index (χ1v) is 11.8. The first kappa shape index (κ1) is 17.4. The molecule has 5 nitrogen and oxygen atoms in total. The predicted molar refractivity (Wildman–Crippen MR) is 109 cm³/mol. The molecule has 1 aromatic carbocycles. The van der Waals surface area contributed by atoms with Gasteiger partial charge in [0.2, 0.25) is 0 Å². The van der Waals surface area contributed by atoms with Crippen molar-refractivity contribution in [2.75, 3.05) is 26.2 Å². The smallest absolute Gasteiger partial charge is 0.165 e. The fourth-order valence-electron chi connectivity index (χ4n) is 7.90. The summed E-state index contributed by atoms with van der Waals surface area (Å²) in [5, 5.41) is 23.1. The number of hydrogen-bond donors (Lipinski definition) is 2. The first-order valence-electron chi connectivity index (χ1n) is 11.8. The maximum atomic E-state index is 12.4. The first-order chi connectivity index (χ1) is 14.1. The van der Waals surface area contributed by atoms with Gasteiger partial charge in [0, 0.05) is 24.2 Å². The standard InChI is InChI=1S/C24H32N2O3/c27-18-6-5-16-13-19-24(28)8-7-17(25-10-1-2-11-25)22-23(24,20(16)21(18)29-22)9-12-26(19)14-15-3-4-15/h5-6,15,17,19,22,27-28H,1-4,7-14H2/t17-,19-,22+,23+,24-/m1/s1. The molecule has 0 radical (unpaired) electrons. The summed E-state index contributed by atoms with van der Waals surface area (Å²) >= 11 is 0. The Labute approximate surface area is 172 Å². The molecule has 2 bridgehead atoms. The molecule has 3 aliphatic heterocycles. The highest BCUT2D eigenvalue weighted by Crippen LogP contribution is 2.66. The number of aromatic hydroxyl groups is 1. The van der Waals surface area contributed by atoms with Crippen LogP contribution in [0.3, 0.4) is 0 Å². The van der Waals surface area contributed by atoms with Crippen LogP contribution >= 0.6 is 0 Å². The highest BCUT2D eigenvalue weighted by Gasteiger charge is 2.73. The second-order valence-corrected chi connectivity index (χ2v) is 10.6. The molecular weight excluding hydrogens is 364 g/mol. The highest BCUT2D eigenvalue weighted by atomic mass is 16.5. The Hall–Kier alpha value is -1.30. The predicted octanol–water partition coefficient (Wildman–Crippen LogP) is 2.42. The summed E-state index contributed by atoms with van der Waals surface area (Å²) < 4.78 is 6.66. The van der Waals surface area contributed by atoms with Crippen molar-refractivity contribution in [3.63, 3.8) is 0 Å². The zero-order valence-corrected chi connectivity index (χ0v) is 17.1. The van der Waals surface area contributed by atoms with Crippen molar-refractivity contribution in [1.29, 1.82) is 0 Å². The van der Waals surface area contributed by atoms with E-state index in [1.807, 2.05) is 6.07 Å². The van der Waals surface area contributed by atoms with Gasteiger partial charge in [-0.05, 0) is 88.5 Å². The quantitative estimate of drug-likeness (QED) is 0.822. The third kappa shape index (κ3) is 2.07. The molecule has 0 aromatic heterocycles. The van der Waals surface area contributed by atoms with Crippen LogP contribution in [0.15, 0.2) is 12.1 Å². The molecule has 1 spiro atoms. The number of rotatable bonds is 3. The van der Waals surface area contributed by atoms with Crippen LogP contribution in [0, 0.1) is 5.92 Å². The molecule has 7 rings (SSSR count). The Morgan fingerprint density at radius 3 is 2.69 bits per heavy atom. The minimum absolute atomic E-state index is 0.0349. The molecule has 0 amide bonds. The van der Waals surface area contributed by atoms with E-state index in [9.17, 15) is 10.2 Å². The normalized spacial score (nSPS) is 43.3. The molecule has 29 heavy (non-hydrogen) atoms. The SMILES string of the molecule is Oc1ccc2c3c1O[C@H]1[C@H](N4CCCC4)CC[C@@]4(O)[C@@H](C2)N(CC2CC2)CC[C@]314. The van der Waals surface area contributed by atoms with Gasteiger partial charge >= 0.3 is 0 Å². The van der Waals surface area contributed by atoms with E-state index >= 15 is 0 Å². The second kappa shape index (κ2) is 5.68. The number of aliphatic hydroxyl groups is 1. The van der Waals surface area contributed by atoms with E-state index in [1.54, 1.807) is 0 Å². The van der Waals surface area contributed by atoms with Crippen molar-refractivity contribution in [2.24, 2.45) is 5.92 Å². The molecule has 4 fully saturated rings. The number of phenolic OH excluding ortho intramolecular Hbond substituents is 1. The Kier molecular flexibility index (Phi) is 3.41. The van der Waals surface area contributed by atoms with Crippen LogP contribution in [0.4, 0.5) is 0 Å². The number of nitrogens with zero attached hydrogens (tertiary/aromatic N) is 2. The minimum Gasteiger partial charge on any atom is -0.504 e. The number of likely N-dealkylation sites (tertiary alicyclic amines) is 2. The van der Waals surface area contributed by atoms with Crippen LogP contribution < -0.4 is 4.74 Å². The summed E-state index contributed by atoms with van der Waals surface area (Å²) in [4.78, 5) is 5.23. The average Bonchev–Trinajstić information content (AvgIpc) is 3.22. The Morgan fingerprint density at radius 2 is 1.90 bits per heavy atom. The van der Waals surface area contributed by atoms with Crippen LogP contribution in [0.25, 0.3) is 0 Å². The summed E-state index contributed by atoms with van der Waals surface area (Å²) in [7, 11) is 0. The maximum absolute atomic E-state index is 12.4. The summed E-state index contributed by atoms with van der Waals surface area (Å²) in [5.41, 5.74) is 1.37. The number of ether oxygens (including phenoxy) is 1. The summed E-state index contributed by atoms with van der Waals surface area (Å²) in [6.07, 6.45) is 8.89. The van der Waals surface area contributed by atoms with Crippen LogP contribution in [-0.4, -0.2) is 70.0 Å². The summed E-state index contributed by atoms with van der Waals surface area (Å²) in [5.74, 6) is 1.78. The van der Waals surface area contributed by atoms with Crippen LogP contribution in [-0.2, 0) is 11.8 Å². The van der Waals surface area contributed by atoms with E-state index in [-0.39, 0.29) is 23.3 Å². The highest BCUT2D eigenvalue weighted by molar-refractivity contribution is 5.62. The third-order valence-electron chi connectivity index (χ3n) is 9.34. The molecule has 2 saturated carbocycles. The molecule has 0 unspecified atom stereocenters. The summed E-state index contributed by atoms with van der Waals surface area (Å²) in [6, 6.07) is 4.46. The van der Waals surface area contributed by atoms with Crippen molar-refractivity contribution in [2.45, 2.75) is 80.6 Å². The van der Waals surface area contributed by atoms with E-state index < -0.39 is 5.60 Å². The van der Waals surface area contributed by atoms with Gasteiger partial charge in [0.1, 0.15) is 6.10 Å². The van der Waals surface area contributed by atoms with Gasteiger partial charge in [0.05, 0.1) is 11.0 Å². The topological polar surface area (TPSA) is 56.2 Å². The van der Waals surface area contributed by atoms with Gasteiger partial charge < -0.3 is 14.9 Å². The lowest BCUT2D eigenvalue weighted by Crippen LogP contribution is -2.78. The van der Waals surface area contributed by atoms with E-state index in [0.29, 0.717) is 11.8 Å². The molecule has 6 aliphatic rings. The number of piperidine rings is 1. The molecule has 2 N–H and O–H groups in total. The molecule has 156 valence electrons. The van der Waals surface area contributed by atoms with Crippen LogP contribution in [0.1, 0.15) is 56.1 Å². The average molecular weight is 397 g/mol. The van der Waals surface area contributed by atoms with Gasteiger partial charge in [-0.3, -0.25) is 9.80 Å². The molecule has 1 aromatic rings. The zero-order valence-electron chi connectivity index (χ0n) is 17.1. The van der Waals surface area contributed by atoms with Crippen molar-refractivity contribution in [3.05, 3.63) is 23.3 Å². The van der Waals surface area contributed by atoms with E-state index in [4.69, 9.17) is 4.74 Å². The minimum atomic E-state index is -0.743. The molecule has 5 atom stereocenters. The largest absolute Gasteiger partial charge is 0.504 e. The van der Waals surface area contributed by atoms with Gasteiger partial charge in [-0.15, -0.1) is 0 Å². The second-order valence-electron chi connectivity index (χ2n) is 10.6. The molecular formula is C24H32N2O3. The van der Waals surface area contributed by atoms with Crippen LogP contribution in [0.5, 0.6) is 11.5 Å². The van der Waals surface area contributed by atoms with E-state index in [1.165, 1.54) is 31.2 Å². The maximum Gasteiger partial charge on any atom is 0.165 e. The fraction of sp³-hybridized carbons (Fsp3) is 0.750. The fourth-order valence-corrected chi connectivity index (χ4v) is 7.90. The Bertz CT molecular complexity index is 864. The zero-order chi connectivity index (χ0) is 19.4. The van der Waals surface area contributed by atoms with Gasteiger partial charge in [-0.1, -0.05) is 6.07 Å². The van der Waals surface area contributed by atoms with Crippen molar-refractivity contribution in [3.8, 4) is 11.5 Å². The van der Waals surface area contributed by atoms with Crippen molar-refractivity contribution in [1.82, 2.24) is 9.80 Å². The summed E-state index contributed by atoms with van der Waals surface area (Å²) in [6.45, 7) is 4.48. The van der Waals surface area contributed by atoms with Crippen molar-refractivity contribution < 1.29 is 14.9 Å². The molecule has 3 heterocycles. The lowest BCUT2D eigenvalue weighted by Gasteiger charge is -2.64. The van der Waals surface area contributed by atoms with Gasteiger partial charge in [0.25, 0.3) is 0 Å². The number of benzene rings is 1. The number of hydrogen-bond acceptors (Lipinski definition) is 5. The lowest BCUT2D eigenvalue weighted by atomic mass is 9.48. The van der Waals surface area contributed by atoms with Gasteiger partial charge in [-0.25, -0.2) is 0 Å². The van der Waals surface area contributed by atoms with Gasteiger partial charge in [0.15, 0.2) is 11.5 Å². The molecule has 2 saturated heterocycles. The van der Waals surface area contributed by atoms with Crippen molar-refractivity contribution >= 4 is 0 Å². The Morgan fingerprint density at radius 1 is 1.07 bits per heavy atom. The number of phenols is 1. The molecule has 3 aliphatic carbocycles. The lowest BCUT2D eigenvalue weighted by molar-refractivity contribution is -0.199. The van der Waals surface area contributed by atoms with Crippen LogP contribution in [0.2, 0.25) is 0 Å².